The molecule has 5 rings (SSSR count). The molecule has 3 heterocycles. The number of halogens is 5. The van der Waals surface area contributed by atoms with Crippen molar-refractivity contribution in [3.8, 4) is 17.0 Å². The van der Waals surface area contributed by atoms with E-state index >= 15 is 4.39 Å². The Morgan fingerprint density at radius 1 is 1.07 bits per heavy atom. The number of fused-ring (bicyclic) bond motifs is 1. The predicted molar refractivity (Wildman–Crippen MR) is 139 cm³/mol. The summed E-state index contributed by atoms with van der Waals surface area (Å²) < 4.78 is 77.3. The van der Waals surface area contributed by atoms with Crippen molar-refractivity contribution in [1.29, 1.82) is 0 Å². The fourth-order valence-corrected chi connectivity index (χ4v) is 5.40. The van der Waals surface area contributed by atoms with Gasteiger partial charge in [-0.1, -0.05) is 12.1 Å². The van der Waals surface area contributed by atoms with E-state index in [-0.39, 0.29) is 40.9 Å². The molecule has 40 heavy (non-hydrogen) atoms. The highest BCUT2D eigenvalue weighted by Crippen LogP contribution is 2.46. The summed E-state index contributed by atoms with van der Waals surface area (Å²) in [6.07, 6.45) is -2.17. The SMILES string of the molecule is CC(C)N1C(=O)COc2c1cc(-c1nc(Cc3ccc(C4CCN(C)CC4)c(F)c3)ncc1F)cc2C(F)(F)F. The zero-order valence-corrected chi connectivity index (χ0v) is 22.4. The Kier molecular flexibility index (Phi) is 7.52. The Morgan fingerprint density at radius 2 is 1.80 bits per heavy atom. The number of aromatic nitrogens is 2. The molecule has 0 N–H and O–H groups in total. The molecule has 2 aromatic carbocycles. The molecule has 1 saturated heterocycles. The molecule has 0 unspecified atom stereocenters. The highest BCUT2D eigenvalue weighted by Gasteiger charge is 2.40. The summed E-state index contributed by atoms with van der Waals surface area (Å²) in [7, 11) is 2.04. The smallest absolute Gasteiger partial charge is 0.420 e. The highest BCUT2D eigenvalue weighted by molar-refractivity contribution is 5.99. The summed E-state index contributed by atoms with van der Waals surface area (Å²) in [5.41, 5.74) is -0.578. The third-order valence-electron chi connectivity index (χ3n) is 7.41. The number of ether oxygens (including phenoxy) is 1. The largest absolute Gasteiger partial charge is 0.481 e. The minimum absolute atomic E-state index is 0.0503. The molecular weight excluding hydrogens is 531 g/mol. The molecule has 212 valence electrons. The second-order valence-electron chi connectivity index (χ2n) is 10.6. The number of hydrogen-bond donors (Lipinski definition) is 0. The Hall–Kier alpha value is -3.60. The van der Waals surface area contributed by atoms with Gasteiger partial charge < -0.3 is 14.5 Å². The van der Waals surface area contributed by atoms with Crippen LogP contribution in [0.1, 0.15) is 55.1 Å². The van der Waals surface area contributed by atoms with Crippen molar-refractivity contribution < 1.29 is 31.5 Å². The third-order valence-corrected chi connectivity index (χ3v) is 7.41. The highest BCUT2D eigenvalue weighted by atomic mass is 19.4. The Bertz CT molecular complexity index is 1430. The second kappa shape index (κ2) is 10.8. The van der Waals surface area contributed by atoms with Crippen LogP contribution < -0.4 is 9.64 Å². The average molecular weight is 561 g/mol. The molecule has 1 fully saturated rings. The maximum Gasteiger partial charge on any atom is 0.420 e. The van der Waals surface area contributed by atoms with Crippen molar-refractivity contribution in [1.82, 2.24) is 14.9 Å². The number of benzene rings is 2. The molecular formula is C29H29F5N4O2. The Balaban J connectivity index is 1.49. The quantitative estimate of drug-likeness (QED) is 0.360. The van der Waals surface area contributed by atoms with Gasteiger partial charge in [0.25, 0.3) is 5.91 Å². The van der Waals surface area contributed by atoms with E-state index < -0.39 is 41.9 Å². The maximum atomic E-state index is 15.0. The number of amides is 1. The first-order valence-corrected chi connectivity index (χ1v) is 13.1. The lowest BCUT2D eigenvalue weighted by molar-refractivity contribution is -0.140. The average Bonchev–Trinajstić information content (AvgIpc) is 2.89. The Labute approximate surface area is 228 Å². The molecule has 2 aliphatic rings. The number of carbonyl (C=O) groups excluding carboxylic acids is 1. The number of likely N-dealkylation sites (tertiary alicyclic amines) is 1. The lowest BCUT2D eigenvalue weighted by Crippen LogP contribution is -2.43. The van der Waals surface area contributed by atoms with Crippen molar-refractivity contribution in [3.05, 3.63) is 70.7 Å². The van der Waals surface area contributed by atoms with Gasteiger partial charge in [0, 0.05) is 18.0 Å². The Morgan fingerprint density at radius 3 is 2.45 bits per heavy atom. The number of hydrogen-bond acceptors (Lipinski definition) is 5. The first-order valence-electron chi connectivity index (χ1n) is 13.1. The van der Waals surface area contributed by atoms with Gasteiger partial charge in [-0.15, -0.1) is 0 Å². The maximum absolute atomic E-state index is 15.0. The summed E-state index contributed by atoms with van der Waals surface area (Å²) in [5, 5.41) is 0. The first kappa shape index (κ1) is 27.9. The molecule has 0 bridgehead atoms. The van der Waals surface area contributed by atoms with E-state index in [4.69, 9.17) is 4.74 Å². The van der Waals surface area contributed by atoms with Gasteiger partial charge in [-0.3, -0.25) is 4.79 Å². The van der Waals surface area contributed by atoms with E-state index in [1.807, 2.05) is 7.05 Å². The fourth-order valence-electron chi connectivity index (χ4n) is 5.40. The van der Waals surface area contributed by atoms with Crippen LogP contribution in [0.4, 0.5) is 27.6 Å². The van der Waals surface area contributed by atoms with Gasteiger partial charge in [0.05, 0.1) is 11.9 Å². The van der Waals surface area contributed by atoms with Crippen LogP contribution in [0.5, 0.6) is 5.75 Å². The lowest BCUT2D eigenvalue weighted by Gasteiger charge is -2.34. The molecule has 2 aliphatic heterocycles. The molecule has 3 aromatic rings. The van der Waals surface area contributed by atoms with Crippen molar-refractivity contribution in [3.63, 3.8) is 0 Å². The second-order valence-corrected chi connectivity index (χ2v) is 10.6. The number of anilines is 1. The summed E-state index contributed by atoms with van der Waals surface area (Å²) in [6.45, 7) is 4.58. The summed E-state index contributed by atoms with van der Waals surface area (Å²) in [6, 6.07) is 6.49. The zero-order chi connectivity index (χ0) is 28.8. The van der Waals surface area contributed by atoms with E-state index in [9.17, 15) is 22.4 Å². The van der Waals surface area contributed by atoms with E-state index in [0.29, 0.717) is 11.1 Å². The van der Waals surface area contributed by atoms with E-state index in [1.165, 1.54) is 17.0 Å². The van der Waals surface area contributed by atoms with Gasteiger partial charge in [-0.05, 0) is 82.1 Å². The molecule has 6 nitrogen and oxygen atoms in total. The lowest BCUT2D eigenvalue weighted by atomic mass is 9.88. The van der Waals surface area contributed by atoms with E-state index in [1.54, 1.807) is 26.0 Å². The molecule has 0 aliphatic carbocycles. The molecule has 0 atom stereocenters. The van der Waals surface area contributed by atoms with E-state index in [2.05, 4.69) is 14.9 Å². The van der Waals surface area contributed by atoms with Gasteiger partial charge in [0.15, 0.2) is 18.2 Å². The van der Waals surface area contributed by atoms with Crippen LogP contribution in [-0.2, 0) is 17.4 Å². The minimum Gasteiger partial charge on any atom is -0.481 e. The molecule has 1 aromatic heterocycles. The molecule has 0 saturated carbocycles. The number of carbonyl (C=O) groups is 1. The monoisotopic (exact) mass is 560 g/mol. The van der Waals surface area contributed by atoms with Crippen LogP contribution in [0, 0.1) is 11.6 Å². The van der Waals surface area contributed by atoms with Crippen molar-refractivity contribution in [2.75, 3.05) is 31.6 Å². The number of rotatable bonds is 5. The summed E-state index contributed by atoms with van der Waals surface area (Å²) in [4.78, 5) is 24.1. The van der Waals surface area contributed by atoms with E-state index in [0.717, 1.165) is 38.2 Å². The first-order chi connectivity index (χ1) is 18.9. The predicted octanol–water partition coefficient (Wildman–Crippen LogP) is 5.97. The van der Waals surface area contributed by atoms with Crippen LogP contribution in [0.3, 0.4) is 0 Å². The van der Waals surface area contributed by atoms with Crippen molar-refractivity contribution >= 4 is 11.6 Å². The van der Waals surface area contributed by atoms with Crippen molar-refractivity contribution in [2.24, 2.45) is 0 Å². The normalized spacial score (nSPS) is 16.8. The minimum atomic E-state index is -4.83. The van der Waals surface area contributed by atoms with Crippen LogP contribution in [0.25, 0.3) is 11.3 Å². The standard InChI is InChI=1S/C29H29F5N4O2/c1-16(2)38-24-13-19(12-21(29(32,33)34)28(24)40-15-26(38)39)27-23(31)14-35-25(36-27)11-17-4-5-20(22(30)10-17)18-6-8-37(3)9-7-18/h4-5,10,12-14,16,18H,6-9,11,15H2,1-3H3. The van der Waals surface area contributed by atoms with Crippen LogP contribution in [0.15, 0.2) is 36.5 Å². The van der Waals surface area contributed by atoms with Gasteiger partial charge >= 0.3 is 6.18 Å². The molecule has 1 amide bonds. The molecule has 0 spiro atoms. The number of alkyl halides is 3. The van der Waals surface area contributed by atoms with Crippen LogP contribution in [0.2, 0.25) is 0 Å². The number of nitrogens with zero attached hydrogens (tertiary/aromatic N) is 4. The van der Waals surface area contributed by atoms with Gasteiger partial charge in [0.1, 0.15) is 22.9 Å². The van der Waals surface area contributed by atoms with Crippen LogP contribution in [-0.4, -0.2) is 53.6 Å². The number of piperidine rings is 1. The molecule has 0 radical (unpaired) electrons. The topological polar surface area (TPSA) is 58.6 Å². The van der Waals surface area contributed by atoms with Gasteiger partial charge in [-0.25, -0.2) is 18.7 Å². The van der Waals surface area contributed by atoms with Gasteiger partial charge in [0.2, 0.25) is 0 Å². The third kappa shape index (κ3) is 5.52. The van der Waals surface area contributed by atoms with Crippen molar-refractivity contribution in [2.45, 2.75) is 51.2 Å². The zero-order valence-electron chi connectivity index (χ0n) is 22.4. The van der Waals surface area contributed by atoms with Crippen LogP contribution >= 0.6 is 0 Å². The summed E-state index contributed by atoms with van der Waals surface area (Å²) >= 11 is 0. The fraction of sp³-hybridized carbons (Fsp3) is 0.414. The summed E-state index contributed by atoms with van der Waals surface area (Å²) in [5.74, 6) is -2.02. The van der Waals surface area contributed by atoms with Gasteiger partial charge in [-0.2, -0.15) is 13.2 Å². The molecule has 11 heteroatoms.